The van der Waals surface area contributed by atoms with Crippen molar-refractivity contribution in [2.24, 2.45) is 0 Å². The predicted molar refractivity (Wildman–Crippen MR) is 77.8 cm³/mol. The molecule has 0 aliphatic carbocycles. The summed E-state index contributed by atoms with van der Waals surface area (Å²) >= 11 is 18.0. The molecule has 5 heteroatoms. The second kappa shape index (κ2) is 7.34. The van der Waals surface area contributed by atoms with Crippen molar-refractivity contribution >= 4 is 41.1 Å². The molecule has 0 radical (unpaired) electrons. The van der Waals surface area contributed by atoms with Gasteiger partial charge in [0.25, 0.3) is 0 Å². The molecule has 1 rings (SSSR count). The van der Waals surface area contributed by atoms with Gasteiger partial charge in [0, 0.05) is 5.56 Å². The van der Waals surface area contributed by atoms with Gasteiger partial charge in [0.1, 0.15) is 6.29 Å². The summed E-state index contributed by atoms with van der Waals surface area (Å²) in [7, 11) is 0. The highest BCUT2D eigenvalue weighted by molar-refractivity contribution is 6.68. The lowest BCUT2D eigenvalue weighted by molar-refractivity contribution is 0.112. The van der Waals surface area contributed by atoms with Crippen LogP contribution in [-0.2, 0) is 0 Å². The molecule has 0 saturated carbocycles. The standard InChI is InChI=1S/C13H16Cl3NO/c1-2-3-8-17-12(13(14,15)16)11-6-4-10(9-18)5-7-11/h4-7,9,12,17H,2-3,8H2,1H3/t12-/m1/s1. The van der Waals surface area contributed by atoms with Gasteiger partial charge in [0.2, 0.25) is 3.79 Å². The SMILES string of the molecule is CCCCN[C@H](c1ccc(C=O)cc1)C(Cl)(Cl)Cl. The fourth-order valence-corrected chi connectivity index (χ4v) is 2.22. The molecule has 1 aromatic carbocycles. The van der Waals surface area contributed by atoms with Gasteiger partial charge in [-0.1, -0.05) is 72.4 Å². The first-order valence-corrected chi connectivity index (χ1v) is 6.97. The molecule has 0 unspecified atom stereocenters. The normalized spacial score (nSPS) is 13.3. The molecule has 0 fully saturated rings. The molecule has 2 nitrogen and oxygen atoms in total. The third-order valence-electron chi connectivity index (χ3n) is 2.61. The van der Waals surface area contributed by atoms with Gasteiger partial charge in [-0.05, 0) is 18.5 Å². The van der Waals surface area contributed by atoms with Crippen LogP contribution in [0.25, 0.3) is 0 Å². The average molecular weight is 309 g/mol. The van der Waals surface area contributed by atoms with Crippen LogP contribution in [0.1, 0.15) is 41.7 Å². The van der Waals surface area contributed by atoms with Gasteiger partial charge in [-0.15, -0.1) is 0 Å². The van der Waals surface area contributed by atoms with Crippen molar-refractivity contribution in [1.29, 1.82) is 0 Å². The molecule has 0 amide bonds. The van der Waals surface area contributed by atoms with E-state index in [1.807, 2.05) is 0 Å². The number of benzene rings is 1. The second-order valence-electron chi connectivity index (χ2n) is 4.07. The summed E-state index contributed by atoms with van der Waals surface area (Å²) in [4.78, 5) is 10.6. The quantitative estimate of drug-likeness (QED) is 0.482. The summed E-state index contributed by atoms with van der Waals surface area (Å²) < 4.78 is -1.42. The van der Waals surface area contributed by atoms with Crippen LogP contribution in [0.4, 0.5) is 0 Å². The number of alkyl halides is 3. The number of unbranched alkanes of at least 4 members (excludes halogenated alkanes) is 1. The maximum atomic E-state index is 10.6. The average Bonchev–Trinajstić information content (AvgIpc) is 2.33. The Morgan fingerprint density at radius 2 is 1.89 bits per heavy atom. The van der Waals surface area contributed by atoms with Crippen LogP contribution in [-0.4, -0.2) is 16.6 Å². The van der Waals surface area contributed by atoms with Crippen LogP contribution in [0.5, 0.6) is 0 Å². The zero-order valence-electron chi connectivity index (χ0n) is 10.1. The molecule has 0 spiro atoms. The third kappa shape index (κ3) is 4.77. The van der Waals surface area contributed by atoms with Gasteiger partial charge in [-0.3, -0.25) is 4.79 Å². The van der Waals surface area contributed by atoms with Gasteiger partial charge >= 0.3 is 0 Å². The summed E-state index contributed by atoms with van der Waals surface area (Å²) in [5, 5.41) is 3.23. The van der Waals surface area contributed by atoms with Crippen molar-refractivity contribution in [1.82, 2.24) is 5.32 Å². The summed E-state index contributed by atoms with van der Waals surface area (Å²) in [5.74, 6) is 0. The number of hydrogen-bond acceptors (Lipinski definition) is 2. The topological polar surface area (TPSA) is 29.1 Å². The minimum Gasteiger partial charge on any atom is -0.306 e. The summed E-state index contributed by atoms with van der Waals surface area (Å²) in [6.45, 7) is 2.88. The van der Waals surface area contributed by atoms with E-state index in [1.165, 1.54) is 0 Å². The fraction of sp³-hybridized carbons (Fsp3) is 0.462. The van der Waals surface area contributed by atoms with E-state index in [0.717, 1.165) is 31.2 Å². The molecule has 0 saturated heterocycles. The number of halogens is 3. The molecule has 0 aliphatic rings. The Morgan fingerprint density at radius 3 is 2.33 bits per heavy atom. The molecule has 1 N–H and O–H groups in total. The van der Waals surface area contributed by atoms with Gasteiger partial charge < -0.3 is 5.32 Å². The zero-order chi connectivity index (χ0) is 13.6. The van der Waals surface area contributed by atoms with Crippen molar-refractivity contribution in [2.45, 2.75) is 29.6 Å². The van der Waals surface area contributed by atoms with Crippen molar-refractivity contribution in [3.05, 3.63) is 35.4 Å². The molecule has 0 bridgehead atoms. The van der Waals surface area contributed by atoms with Crippen LogP contribution < -0.4 is 5.32 Å². The molecule has 1 aromatic rings. The number of hydrogen-bond donors (Lipinski definition) is 1. The molecule has 1 atom stereocenters. The number of rotatable bonds is 6. The van der Waals surface area contributed by atoms with Crippen molar-refractivity contribution in [3.8, 4) is 0 Å². The first kappa shape index (κ1) is 15.8. The van der Waals surface area contributed by atoms with E-state index in [2.05, 4.69) is 12.2 Å². The first-order chi connectivity index (χ1) is 8.49. The van der Waals surface area contributed by atoms with Crippen LogP contribution in [0, 0.1) is 0 Å². The van der Waals surface area contributed by atoms with Gasteiger partial charge in [0.05, 0.1) is 6.04 Å². The Hall–Kier alpha value is -0.280. The Morgan fingerprint density at radius 1 is 1.28 bits per heavy atom. The van der Waals surface area contributed by atoms with E-state index in [0.29, 0.717) is 5.56 Å². The summed E-state index contributed by atoms with van der Waals surface area (Å²) in [5.41, 5.74) is 1.46. The molecule has 100 valence electrons. The van der Waals surface area contributed by atoms with E-state index in [-0.39, 0.29) is 6.04 Å². The molecule has 18 heavy (non-hydrogen) atoms. The number of carbonyl (C=O) groups excluding carboxylic acids is 1. The van der Waals surface area contributed by atoms with Crippen LogP contribution in [0.2, 0.25) is 0 Å². The largest absolute Gasteiger partial charge is 0.306 e. The minimum absolute atomic E-state index is 0.380. The molecule has 0 aliphatic heterocycles. The molecule has 0 aromatic heterocycles. The maximum absolute atomic E-state index is 10.6. The van der Waals surface area contributed by atoms with Gasteiger partial charge in [-0.2, -0.15) is 0 Å². The van der Waals surface area contributed by atoms with Crippen molar-refractivity contribution in [2.75, 3.05) is 6.54 Å². The monoisotopic (exact) mass is 307 g/mol. The lowest BCUT2D eigenvalue weighted by atomic mass is 10.1. The number of nitrogens with one attached hydrogen (secondary N) is 1. The van der Waals surface area contributed by atoms with E-state index in [4.69, 9.17) is 34.8 Å². The summed E-state index contributed by atoms with van der Waals surface area (Å²) in [6, 6.07) is 6.65. The van der Waals surface area contributed by atoms with E-state index >= 15 is 0 Å². The maximum Gasteiger partial charge on any atom is 0.209 e. The highest BCUT2D eigenvalue weighted by Gasteiger charge is 2.33. The van der Waals surface area contributed by atoms with E-state index in [9.17, 15) is 4.79 Å². The Bertz CT molecular complexity index is 373. The number of carbonyl (C=O) groups is 1. The second-order valence-corrected chi connectivity index (χ2v) is 6.44. The Labute approximate surface area is 123 Å². The first-order valence-electron chi connectivity index (χ1n) is 5.84. The van der Waals surface area contributed by atoms with Crippen LogP contribution >= 0.6 is 34.8 Å². The van der Waals surface area contributed by atoms with Gasteiger partial charge in [0.15, 0.2) is 0 Å². The van der Waals surface area contributed by atoms with Crippen molar-refractivity contribution in [3.63, 3.8) is 0 Å². The highest BCUT2D eigenvalue weighted by atomic mass is 35.6. The van der Waals surface area contributed by atoms with Crippen molar-refractivity contribution < 1.29 is 4.79 Å². The minimum atomic E-state index is -1.42. The van der Waals surface area contributed by atoms with Crippen LogP contribution in [0.15, 0.2) is 24.3 Å². The van der Waals surface area contributed by atoms with Crippen LogP contribution in [0.3, 0.4) is 0 Å². The lowest BCUT2D eigenvalue weighted by Crippen LogP contribution is -2.32. The molecule has 0 heterocycles. The van der Waals surface area contributed by atoms with E-state index in [1.54, 1.807) is 24.3 Å². The highest BCUT2D eigenvalue weighted by Crippen LogP contribution is 2.39. The molecular weight excluding hydrogens is 293 g/mol. The van der Waals surface area contributed by atoms with E-state index < -0.39 is 3.79 Å². The summed E-state index contributed by atoms with van der Waals surface area (Å²) in [6.07, 6.45) is 2.88. The van der Waals surface area contributed by atoms with Gasteiger partial charge in [-0.25, -0.2) is 0 Å². The smallest absolute Gasteiger partial charge is 0.209 e. The third-order valence-corrected chi connectivity index (χ3v) is 3.27. The number of aldehydes is 1. The fourth-order valence-electron chi connectivity index (χ4n) is 1.61. The molecular formula is C13H16Cl3NO. The Balaban J connectivity index is 2.84. The lowest BCUT2D eigenvalue weighted by Gasteiger charge is -2.26. The predicted octanol–water partition coefficient (Wildman–Crippen LogP) is 4.30. The Kier molecular flexibility index (Phi) is 6.44. The zero-order valence-corrected chi connectivity index (χ0v) is 12.4.